The third-order valence-electron chi connectivity index (χ3n) is 8.11. The first kappa shape index (κ1) is 17.2. The molecule has 7 atom stereocenters. The Labute approximate surface area is 149 Å². The molecule has 0 spiro atoms. The van der Waals surface area contributed by atoms with Crippen LogP contribution < -0.4 is 0 Å². The summed E-state index contributed by atoms with van der Waals surface area (Å²) in [6.07, 6.45) is 6.61. The van der Waals surface area contributed by atoms with Gasteiger partial charge in [-0.3, -0.25) is 9.59 Å². The van der Waals surface area contributed by atoms with Gasteiger partial charge in [-0.25, -0.2) is 4.39 Å². The highest BCUT2D eigenvalue weighted by molar-refractivity contribution is 5.94. The molecule has 0 aromatic heterocycles. The molecule has 0 N–H and O–H groups in total. The molecule has 4 rings (SSSR count). The molecule has 0 aromatic carbocycles. The number of carbonyl (C=O) groups is 2. The maximum atomic E-state index is 13.9. The number of allylic oxidation sites excluding steroid dienone is 2. The van der Waals surface area contributed by atoms with Gasteiger partial charge in [0.2, 0.25) is 0 Å². The number of ketones is 1. The van der Waals surface area contributed by atoms with Crippen molar-refractivity contribution < 1.29 is 18.7 Å². The van der Waals surface area contributed by atoms with Gasteiger partial charge < -0.3 is 4.74 Å². The lowest BCUT2D eigenvalue weighted by Crippen LogP contribution is -2.54. The predicted octanol–water partition coefficient (Wildman–Crippen LogP) is 4.40. The van der Waals surface area contributed by atoms with E-state index in [1.54, 1.807) is 6.08 Å². The third-order valence-corrected chi connectivity index (χ3v) is 8.11. The summed E-state index contributed by atoms with van der Waals surface area (Å²) in [5.41, 5.74) is 0.930. The van der Waals surface area contributed by atoms with Crippen molar-refractivity contribution in [3.63, 3.8) is 0 Å². The molecule has 0 heterocycles. The Morgan fingerprint density at radius 3 is 2.64 bits per heavy atom. The summed E-state index contributed by atoms with van der Waals surface area (Å²) in [6.45, 7) is 5.94. The second-order valence-corrected chi connectivity index (χ2v) is 9.29. The summed E-state index contributed by atoms with van der Waals surface area (Å²) in [7, 11) is 0. The van der Waals surface area contributed by atoms with Crippen LogP contribution in [-0.4, -0.2) is 24.0 Å². The second-order valence-electron chi connectivity index (χ2n) is 9.29. The Morgan fingerprint density at radius 1 is 1.16 bits per heavy atom. The first-order valence-electron chi connectivity index (χ1n) is 9.82. The normalized spacial score (nSPS) is 48.9. The molecular formula is C21H29FO3. The Hall–Kier alpha value is -1.19. The second kappa shape index (κ2) is 5.65. The van der Waals surface area contributed by atoms with Crippen molar-refractivity contribution in [3.8, 4) is 0 Å². The van der Waals surface area contributed by atoms with E-state index in [4.69, 9.17) is 4.74 Å². The van der Waals surface area contributed by atoms with Crippen molar-refractivity contribution >= 4 is 11.8 Å². The largest absolute Gasteiger partial charge is 0.462 e. The fourth-order valence-electron chi connectivity index (χ4n) is 6.70. The molecule has 0 radical (unpaired) electrons. The van der Waals surface area contributed by atoms with E-state index in [0.717, 1.165) is 37.7 Å². The fourth-order valence-corrected chi connectivity index (χ4v) is 6.70. The molecule has 3 nitrogen and oxygen atoms in total. The lowest BCUT2D eigenvalue weighted by molar-refractivity contribution is -0.158. The van der Waals surface area contributed by atoms with Crippen LogP contribution in [0, 0.1) is 28.6 Å². The zero-order chi connectivity index (χ0) is 18.0. The van der Waals surface area contributed by atoms with Gasteiger partial charge in [-0.15, -0.1) is 0 Å². The van der Waals surface area contributed by atoms with E-state index in [0.29, 0.717) is 18.8 Å². The Bertz CT molecular complexity index is 641. The number of fused-ring (bicyclic) bond motifs is 5. The van der Waals surface area contributed by atoms with Crippen LogP contribution in [0.3, 0.4) is 0 Å². The van der Waals surface area contributed by atoms with Gasteiger partial charge in [0.15, 0.2) is 5.78 Å². The van der Waals surface area contributed by atoms with Crippen LogP contribution in [0.25, 0.3) is 0 Å². The Balaban J connectivity index is 1.68. The summed E-state index contributed by atoms with van der Waals surface area (Å²) < 4.78 is 19.6. The van der Waals surface area contributed by atoms with Gasteiger partial charge in [0.05, 0.1) is 0 Å². The molecule has 138 valence electrons. The Kier molecular flexibility index (Phi) is 3.90. The van der Waals surface area contributed by atoms with Gasteiger partial charge in [-0.1, -0.05) is 19.4 Å². The number of ether oxygens (including phenoxy) is 1. The molecule has 0 bridgehead atoms. The molecule has 0 saturated heterocycles. The lowest BCUT2D eigenvalue weighted by atomic mass is 9.47. The first-order chi connectivity index (χ1) is 11.8. The number of carbonyl (C=O) groups excluding carboxylic acids is 2. The number of alkyl halides is 1. The monoisotopic (exact) mass is 348 g/mol. The summed E-state index contributed by atoms with van der Waals surface area (Å²) in [5, 5.41) is 0. The van der Waals surface area contributed by atoms with E-state index in [1.807, 2.05) is 0 Å². The van der Waals surface area contributed by atoms with E-state index in [1.165, 1.54) is 6.92 Å². The molecule has 3 fully saturated rings. The molecule has 4 heteroatoms. The molecule has 3 saturated carbocycles. The number of hydrogen-bond acceptors (Lipinski definition) is 3. The topological polar surface area (TPSA) is 43.4 Å². The van der Waals surface area contributed by atoms with E-state index >= 15 is 0 Å². The van der Waals surface area contributed by atoms with Gasteiger partial charge >= 0.3 is 5.97 Å². The van der Waals surface area contributed by atoms with E-state index in [9.17, 15) is 14.0 Å². The number of hydrogen-bond donors (Lipinski definition) is 0. The minimum atomic E-state index is -0.794. The van der Waals surface area contributed by atoms with Gasteiger partial charge in [-0.05, 0) is 61.9 Å². The zero-order valence-corrected chi connectivity index (χ0v) is 15.5. The number of rotatable bonds is 1. The quantitative estimate of drug-likeness (QED) is 0.660. The van der Waals surface area contributed by atoms with Crippen LogP contribution in [-0.2, 0) is 14.3 Å². The standard InChI is InChI=1S/C21H29FO3/c1-12(23)25-18-5-4-15-19-16(7-9-21(15,18)3)20(2)8-6-14(22)10-13(20)11-17(19)24/h11,14-16,18-19H,4-10H2,1-3H3. The molecule has 0 aromatic rings. The van der Waals surface area contributed by atoms with Crippen LogP contribution in [0.2, 0.25) is 0 Å². The highest BCUT2D eigenvalue weighted by Gasteiger charge is 2.61. The van der Waals surface area contributed by atoms with E-state index in [2.05, 4.69) is 13.8 Å². The number of esters is 1. The summed E-state index contributed by atoms with van der Waals surface area (Å²) in [5.74, 6) is 0.594. The predicted molar refractivity (Wildman–Crippen MR) is 92.5 cm³/mol. The third kappa shape index (κ3) is 2.43. The average Bonchev–Trinajstić information content (AvgIpc) is 2.85. The maximum Gasteiger partial charge on any atom is 0.302 e. The van der Waals surface area contributed by atoms with Crippen LogP contribution in [0.1, 0.15) is 65.7 Å². The summed E-state index contributed by atoms with van der Waals surface area (Å²) in [6, 6.07) is 0. The van der Waals surface area contributed by atoms with Crippen LogP contribution in [0.5, 0.6) is 0 Å². The van der Waals surface area contributed by atoms with Crippen molar-refractivity contribution in [3.05, 3.63) is 11.6 Å². The van der Waals surface area contributed by atoms with Gasteiger partial charge in [0.25, 0.3) is 0 Å². The van der Waals surface area contributed by atoms with E-state index < -0.39 is 6.17 Å². The highest BCUT2D eigenvalue weighted by atomic mass is 19.1. The van der Waals surface area contributed by atoms with Crippen molar-refractivity contribution in [1.29, 1.82) is 0 Å². The van der Waals surface area contributed by atoms with Crippen LogP contribution in [0.4, 0.5) is 4.39 Å². The van der Waals surface area contributed by atoms with Crippen LogP contribution in [0.15, 0.2) is 11.6 Å². The molecule has 0 amide bonds. The first-order valence-corrected chi connectivity index (χ1v) is 9.82. The van der Waals surface area contributed by atoms with Crippen molar-refractivity contribution in [1.82, 2.24) is 0 Å². The van der Waals surface area contributed by atoms with Crippen molar-refractivity contribution in [2.75, 3.05) is 0 Å². The van der Waals surface area contributed by atoms with Crippen LogP contribution >= 0.6 is 0 Å². The maximum absolute atomic E-state index is 13.9. The molecule has 4 aliphatic rings. The highest BCUT2D eigenvalue weighted by Crippen LogP contribution is 2.64. The zero-order valence-electron chi connectivity index (χ0n) is 15.5. The molecule has 0 aliphatic heterocycles. The van der Waals surface area contributed by atoms with E-state index in [-0.39, 0.29) is 40.5 Å². The average molecular weight is 348 g/mol. The SMILES string of the molecule is CC(=O)OC1CCC2C3C(=O)C=C4CC(F)CCC4(C)C3CCC12C. The molecule has 25 heavy (non-hydrogen) atoms. The van der Waals surface area contributed by atoms with Gasteiger partial charge in [0.1, 0.15) is 12.3 Å². The molecule has 7 unspecified atom stereocenters. The lowest BCUT2D eigenvalue weighted by Gasteiger charge is -2.56. The van der Waals surface area contributed by atoms with Crippen molar-refractivity contribution in [2.24, 2.45) is 28.6 Å². The number of halogens is 1. The minimum absolute atomic E-state index is 0.0178. The summed E-state index contributed by atoms with van der Waals surface area (Å²) >= 11 is 0. The molecular weight excluding hydrogens is 319 g/mol. The minimum Gasteiger partial charge on any atom is -0.462 e. The Morgan fingerprint density at radius 2 is 1.92 bits per heavy atom. The smallest absolute Gasteiger partial charge is 0.302 e. The van der Waals surface area contributed by atoms with Gasteiger partial charge in [0, 0.05) is 24.7 Å². The summed E-state index contributed by atoms with van der Waals surface area (Å²) in [4.78, 5) is 24.5. The fraction of sp³-hybridized carbons (Fsp3) is 0.810. The molecule has 4 aliphatic carbocycles. The van der Waals surface area contributed by atoms with Gasteiger partial charge in [-0.2, -0.15) is 0 Å². The van der Waals surface area contributed by atoms with Crippen molar-refractivity contribution in [2.45, 2.75) is 78.0 Å².